The van der Waals surface area contributed by atoms with Crippen LogP contribution in [-0.2, 0) is 12.6 Å². The Morgan fingerprint density at radius 2 is 2.22 bits per heavy atom. The molecule has 0 aliphatic rings. The first-order valence-corrected chi connectivity index (χ1v) is 2.66. The average Bonchev–Trinajstić information content (AvgIpc) is 1.64. The monoisotopic (exact) mass is 148 g/mol. The van der Waals surface area contributed by atoms with E-state index < -0.39 is 0 Å². The number of aryl methyl sites for hydroxylation is 1. The molecule has 1 heterocycles. The Morgan fingerprint density at radius 1 is 1.56 bits per heavy atom. The topological polar surface area (TPSA) is 25.8 Å². The van der Waals surface area contributed by atoms with Crippen LogP contribution in [0.4, 0.5) is 0 Å². The van der Waals surface area contributed by atoms with Crippen molar-refractivity contribution in [2.75, 3.05) is 0 Å². The van der Waals surface area contributed by atoms with Crippen molar-refractivity contribution in [2.24, 2.45) is 0 Å². The molecule has 42 valence electrons. The number of aromatic nitrogens is 2. The van der Waals surface area contributed by atoms with Gasteiger partial charge in [-0.15, -0.1) is 0 Å². The summed E-state index contributed by atoms with van der Waals surface area (Å²) in [7, 11) is 0. The molecule has 0 saturated heterocycles. The van der Waals surface area contributed by atoms with Crippen molar-refractivity contribution >= 4 is 12.6 Å². The Bertz CT molecular complexity index is 175. The third-order valence-corrected chi connectivity index (χ3v) is 0.978. The Labute approximate surface area is 81.8 Å². The first-order valence-electron chi connectivity index (χ1n) is 2.26. The van der Waals surface area contributed by atoms with Crippen LogP contribution in [0.5, 0.6) is 0 Å². The van der Waals surface area contributed by atoms with E-state index in [4.69, 9.17) is 12.6 Å². The maximum atomic E-state index is 4.75. The third kappa shape index (κ3) is 3.11. The molecule has 0 atom stereocenters. The molecule has 0 N–H and O–H groups in total. The molecule has 0 bridgehead atoms. The molecule has 0 aliphatic heterocycles. The van der Waals surface area contributed by atoms with Gasteiger partial charge in [0, 0.05) is 6.20 Å². The summed E-state index contributed by atoms with van der Waals surface area (Å²) in [5.41, 5.74) is 0. The second-order valence-corrected chi connectivity index (χ2v) is 1.86. The molecule has 0 aliphatic carbocycles. The summed E-state index contributed by atoms with van der Waals surface area (Å²) in [5.74, 6) is 0.734. The van der Waals surface area contributed by atoms with Gasteiger partial charge in [-0.3, -0.25) is 4.98 Å². The number of hydrogen-bond donors (Lipinski definition) is 0. The molecule has 9 heavy (non-hydrogen) atoms. The molecule has 0 aromatic carbocycles. The van der Waals surface area contributed by atoms with E-state index in [1.54, 1.807) is 12.3 Å². The van der Waals surface area contributed by atoms with E-state index in [-0.39, 0.29) is 29.6 Å². The van der Waals surface area contributed by atoms with Gasteiger partial charge in [0.1, 0.15) is 5.82 Å². The summed E-state index contributed by atoms with van der Waals surface area (Å²) < 4.78 is 0. The van der Waals surface area contributed by atoms with E-state index >= 15 is 0 Å². The Morgan fingerprint density at radius 3 is 2.56 bits per heavy atom. The molecule has 0 unspecified atom stereocenters. The third-order valence-electron chi connectivity index (χ3n) is 0.750. The largest absolute Gasteiger partial charge is 1.00 e. The van der Waals surface area contributed by atoms with Crippen molar-refractivity contribution in [3.05, 3.63) is 18.1 Å². The average molecular weight is 148 g/mol. The van der Waals surface area contributed by atoms with Crippen LogP contribution in [0.15, 0.2) is 17.3 Å². The molecular weight excluding hydrogens is 143 g/mol. The molecular formula is C5H5N2NaS. The van der Waals surface area contributed by atoms with Crippen molar-refractivity contribution in [1.82, 2.24) is 9.97 Å². The molecule has 1 rings (SSSR count). The van der Waals surface area contributed by atoms with E-state index in [0.29, 0.717) is 5.03 Å². The maximum Gasteiger partial charge on any atom is 1.00 e. The smallest absolute Gasteiger partial charge is 0.760 e. The predicted molar refractivity (Wildman–Crippen MR) is 32.4 cm³/mol. The van der Waals surface area contributed by atoms with Gasteiger partial charge in [-0.25, -0.2) is 4.98 Å². The van der Waals surface area contributed by atoms with E-state index in [1.165, 1.54) is 0 Å². The summed E-state index contributed by atoms with van der Waals surface area (Å²) in [4.78, 5) is 7.74. The van der Waals surface area contributed by atoms with Gasteiger partial charge in [-0.05, 0) is 13.0 Å². The molecule has 1 aromatic rings. The molecule has 0 radical (unpaired) electrons. The molecule has 0 fully saturated rings. The van der Waals surface area contributed by atoms with Gasteiger partial charge >= 0.3 is 29.6 Å². The van der Waals surface area contributed by atoms with Gasteiger partial charge in [0.05, 0.1) is 0 Å². The molecule has 2 nitrogen and oxygen atoms in total. The van der Waals surface area contributed by atoms with Crippen molar-refractivity contribution in [3.8, 4) is 0 Å². The molecule has 0 saturated carbocycles. The summed E-state index contributed by atoms with van der Waals surface area (Å²) in [5, 5.41) is 0.609. The summed E-state index contributed by atoms with van der Waals surface area (Å²) in [6, 6.07) is 1.70. The van der Waals surface area contributed by atoms with Crippen molar-refractivity contribution in [2.45, 2.75) is 11.9 Å². The predicted octanol–water partition coefficient (Wildman–Crippen LogP) is -2.31. The Kier molecular flexibility index (Phi) is 4.31. The van der Waals surface area contributed by atoms with Crippen molar-refractivity contribution in [3.63, 3.8) is 0 Å². The van der Waals surface area contributed by atoms with E-state index in [0.717, 1.165) is 5.82 Å². The second kappa shape index (κ2) is 4.17. The van der Waals surface area contributed by atoms with Crippen molar-refractivity contribution in [1.29, 1.82) is 0 Å². The molecule has 4 heteroatoms. The standard InChI is InChI=1S/C5H6N2S.Na/c1-4-6-3-2-5(8)7-4;/h2-3H,1H3,(H,6,7,8);/q;+1/p-1. The fourth-order valence-corrected chi connectivity index (χ4v) is 0.627. The zero-order valence-electron chi connectivity index (χ0n) is 5.46. The first-order chi connectivity index (χ1) is 3.79. The SMILES string of the molecule is Cc1nccc([S-])n1.[Na+]. The van der Waals surface area contributed by atoms with Crippen LogP contribution in [0.1, 0.15) is 5.82 Å². The fourth-order valence-electron chi connectivity index (χ4n) is 0.435. The van der Waals surface area contributed by atoms with Crippen LogP contribution < -0.4 is 29.6 Å². The van der Waals surface area contributed by atoms with Crippen LogP contribution in [0.2, 0.25) is 0 Å². The van der Waals surface area contributed by atoms with Gasteiger partial charge in [0.15, 0.2) is 0 Å². The molecule has 1 aromatic heterocycles. The fraction of sp³-hybridized carbons (Fsp3) is 0.200. The normalized spacial score (nSPS) is 8.11. The zero-order chi connectivity index (χ0) is 5.98. The van der Waals surface area contributed by atoms with Gasteiger partial charge in [0.2, 0.25) is 0 Å². The van der Waals surface area contributed by atoms with E-state index in [1.807, 2.05) is 6.92 Å². The Hall–Kier alpha value is 0.300. The van der Waals surface area contributed by atoms with Gasteiger partial charge in [0.25, 0.3) is 0 Å². The van der Waals surface area contributed by atoms with Crippen LogP contribution >= 0.6 is 0 Å². The molecule has 0 spiro atoms. The quantitative estimate of drug-likeness (QED) is 0.235. The number of hydrogen-bond acceptors (Lipinski definition) is 3. The van der Waals surface area contributed by atoms with E-state index in [9.17, 15) is 0 Å². The second-order valence-electron chi connectivity index (χ2n) is 1.44. The zero-order valence-corrected chi connectivity index (χ0v) is 8.27. The van der Waals surface area contributed by atoms with Crippen LogP contribution in [0.25, 0.3) is 0 Å². The van der Waals surface area contributed by atoms with Gasteiger partial charge < -0.3 is 12.6 Å². The molecule has 0 amide bonds. The van der Waals surface area contributed by atoms with Gasteiger partial charge in [-0.1, -0.05) is 5.03 Å². The minimum absolute atomic E-state index is 0. The summed E-state index contributed by atoms with van der Waals surface area (Å²) >= 11 is 4.75. The van der Waals surface area contributed by atoms with E-state index in [2.05, 4.69) is 9.97 Å². The van der Waals surface area contributed by atoms with Crippen molar-refractivity contribution < 1.29 is 29.6 Å². The minimum atomic E-state index is 0. The van der Waals surface area contributed by atoms with Crippen LogP contribution in [0.3, 0.4) is 0 Å². The maximum absolute atomic E-state index is 4.75. The Balaban J connectivity index is 0.000000640. The van der Waals surface area contributed by atoms with Gasteiger partial charge in [-0.2, -0.15) is 0 Å². The number of nitrogens with zero attached hydrogens (tertiary/aromatic N) is 2. The first kappa shape index (κ1) is 9.30. The van der Waals surface area contributed by atoms with Crippen LogP contribution in [0, 0.1) is 6.92 Å². The number of rotatable bonds is 0. The van der Waals surface area contributed by atoms with Crippen LogP contribution in [-0.4, -0.2) is 9.97 Å². The summed E-state index contributed by atoms with van der Waals surface area (Å²) in [6.45, 7) is 1.82. The minimum Gasteiger partial charge on any atom is -0.760 e. The summed E-state index contributed by atoms with van der Waals surface area (Å²) in [6.07, 6.45) is 1.66.